The van der Waals surface area contributed by atoms with Crippen molar-refractivity contribution in [2.45, 2.75) is 20.0 Å². The highest BCUT2D eigenvalue weighted by Gasteiger charge is 2.23. The molecule has 2 aromatic rings. The van der Waals surface area contributed by atoms with E-state index in [-0.39, 0.29) is 22.1 Å². The van der Waals surface area contributed by atoms with Crippen LogP contribution >= 0.6 is 11.6 Å². The number of nitro groups is 1. The van der Waals surface area contributed by atoms with Gasteiger partial charge in [-0.15, -0.1) is 0 Å². The second-order valence-corrected chi connectivity index (χ2v) is 5.61. The van der Waals surface area contributed by atoms with Crippen LogP contribution in [0.5, 0.6) is 0 Å². The molecule has 0 saturated heterocycles. The molecular weight excluding hydrogens is 334 g/mol. The summed E-state index contributed by atoms with van der Waals surface area (Å²) in [5.41, 5.74) is 0.962. The van der Waals surface area contributed by atoms with E-state index in [2.05, 4.69) is 0 Å². The van der Waals surface area contributed by atoms with Crippen LogP contribution in [0.25, 0.3) is 0 Å². The Morgan fingerprint density at radius 3 is 2.38 bits per heavy atom. The number of aryl methyl sites for hydroxylation is 1. The van der Waals surface area contributed by atoms with Crippen LogP contribution < -0.4 is 0 Å². The molecule has 0 N–H and O–H groups in total. The van der Waals surface area contributed by atoms with E-state index in [0.717, 1.165) is 11.6 Å². The summed E-state index contributed by atoms with van der Waals surface area (Å²) >= 11 is 5.88. The topological polar surface area (TPSA) is 86.5 Å². The van der Waals surface area contributed by atoms with Crippen molar-refractivity contribution < 1.29 is 19.2 Å². The average Bonchev–Trinajstić information content (AvgIpc) is 2.54. The monoisotopic (exact) mass is 347 g/mol. The Morgan fingerprint density at radius 2 is 1.79 bits per heavy atom. The largest absolute Gasteiger partial charge is 0.451 e. The maximum atomic E-state index is 12.3. The van der Waals surface area contributed by atoms with Crippen LogP contribution in [0, 0.1) is 17.0 Å². The van der Waals surface area contributed by atoms with Gasteiger partial charge in [-0.3, -0.25) is 14.9 Å². The highest BCUT2D eigenvalue weighted by molar-refractivity contribution is 6.33. The molecule has 0 unspecified atom stereocenters. The Labute approximate surface area is 143 Å². The zero-order chi connectivity index (χ0) is 17.9. The number of halogens is 1. The fourth-order valence-electron chi connectivity index (χ4n) is 2.01. The quantitative estimate of drug-likeness (QED) is 0.353. The van der Waals surface area contributed by atoms with Gasteiger partial charge >= 0.3 is 5.97 Å². The molecule has 2 rings (SSSR count). The third-order valence-corrected chi connectivity index (χ3v) is 3.70. The molecule has 124 valence electrons. The summed E-state index contributed by atoms with van der Waals surface area (Å²) < 4.78 is 5.10. The number of esters is 1. The van der Waals surface area contributed by atoms with Crippen molar-refractivity contribution in [3.8, 4) is 0 Å². The smallest absolute Gasteiger partial charge is 0.340 e. The third-order valence-electron chi connectivity index (χ3n) is 3.37. The molecule has 1 atom stereocenters. The molecule has 0 amide bonds. The maximum absolute atomic E-state index is 12.3. The summed E-state index contributed by atoms with van der Waals surface area (Å²) in [6.45, 7) is 3.33. The first-order valence-electron chi connectivity index (χ1n) is 7.05. The van der Waals surface area contributed by atoms with E-state index in [4.69, 9.17) is 16.3 Å². The number of hydrogen-bond donors (Lipinski definition) is 0. The van der Waals surface area contributed by atoms with Gasteiger partial charge in [-0.1, -0.05) is 41.4 Å². The normalized spacial score (nSPS) is 11.6. The van der Waals surface area contributed by atoms with Crippen LogP contribution in [0.3, 0.4) is 0 Å². The third kappa shape index (κ3) is 3.97. The number of hydrogen-bond acceptors (Lipinski definition) is 5. The van der Waals surface area contributed by atoms with Gasteiger partial charge in [0.05, 0.1) is 15.5 Å². The lowest BCUT2D eigenvalue weighted by Gasteiger charge is -2.13. The average molecular weight is 348 g/mol. The van der Waals surface area contributed by atoms with Gasteiger partial charge in [-0.2, -0.15) is 0 Å². The zero-order valence-electron chi connectivity index (χ0n) is 13.0. The molecule has 0 fully saturated rings. The number of nitro benzene ring substituents is 1. The van der Waals surface area contributed by atoms with Crippen LogP contribution in [0.4, 0.5) is 5.69 Å². The maximum Gasteiger partial charge on any atom is 0.340 e. The highest BCUT2D eigenvalue weighted by Crippen LogP contribution is 2.23. The first-order chi connectivity index (χ1) is 11.3. The molecule has 0 aliphatic carbocycles. The molecule has 0 radical (unpaired) electrons. The van der Waals surface area contributed by atoms with Gasteiger partial charge in [-0.05, 0) is 19.9 Å². The van der Waals surface area contributed by atoms with Crippen LogP contribution in [0.1, 0.15) is 33.2 Å². The summed E-state index contributed by atoms with van der Waals surface area (Å²) in [4.78, 5) is 34.6. The molecule has 0 aliphatic rings. The summed E-state index contributed by atoms with van der Waals surface area (Å²) in [5, 5.41) is 10.8. The Bertz CT molecular complexity index is 801. The Hall–Kier alpha value is -2.73. The van der Waals surface area contributed by atoms with E-state index in [1.807, 2.05) is 6.92 Å². The minimum Gasteiger partial charge on any atom is -0.451 e. The molecule has 0 bridgehead atoms. The first kappa shape index (κ1) is 17.6. The summed E-state index contributed by atoms with van der Waals surface area (Å²) in [5.74, 6) is -1.26. The number of Topliss-reactive ketones (excluding diaryl/α,β-unsaturated/α-hetero) is 1. The van der Waals surface area contributed by atoms with Crippen LogP contribution in [-0.2, 0) is 4.74 Å². The number of nitrogens with zero attached hydrogens (tertiary/aromatic N) is 1. The number of carbonyl (C=O) groups excluding carboxylic acids is 2. The van der Waals surface area contributed by atoms with Crippen molar-refractivity contribution >= 4 is 29.0 Å². The number of ether oxygens (including phenoxy) is 1. The SMILES string of the molecule is Cc1ccc(C(=O)[C@H](C)OC(=O)c2cc([N+](=O)[O-])ccc2Cl)cc1. The van der Waals surface area contributed by atoms with Gasteiger partial charge in [-0.25, -0.2) is 4.79 Å². The van der Waals surface area contributed by atoms with Crippen molar-refractivity contribution in [3.05, 3.63) is 74.3 Å². The van der Waals surface area contributed by atoms with E-state index in [0.29, 0.717) is 5.56 Å². The molecule has 0 spiro atoms. The van der Waals surface area contributed by atoms with Gasteiger partial charge in [0.25, 0.3) is 5.69 Å². The van der Waals surface area contributed by atoms with Crippen molar-refractivity contribution in [1.29, 1.82) is 0 Å². The molecule has 6 nitrogen and oxygen atoms in total. The van der Waals surface area contributed by atoms with Crippen molar-refractivity contribution in [3.63, 3.8) is 0 Å². The van der Waals surface area contributed by atoms with Crippen LogP contribution in [0.15, 0.2) is 42.5 Å². The molecule has 0 aromatic heterocycles. The Balaban J connectivity index is 2.17. The van der Waals surface area contributed by atoms with E-state index in [9.17, 15) is 19.7 Å². The standard InChI is InChI=1S/C17H14ClNO5/c1-10-3-5-12(6-4-10)16(20)11(2)24-17(21)14-9-13(19(22)23)7-8-15(14)18/h3-9,11H,1-2H3/t11-/m0/s1. The van der Waals surface area contributed by atoms with Gasteiger partial charge in [0.15, 0.2) is 6.10 Å². The van der Waals surface area contributed by atoms with Gasteiger partial charge in [0, 0.05) is 17.7 Å². The van der Waals surface area contributed by atoms with Crippen LogP contribution in [-0.4, -0.2) is 22.8 Å². The van der Waals surface area contributed by atoms with E-state index in [1.165, 1.54) is 19.1 Å². The van der Waals surface area contributed by atoms with Crippen molar-refractivity contribution in [1.82, 2.24) is 0 Å². The lowest BCUT2D eigenvalue weighted by molar-refractivity contribution is -0.384. The second-order valence-electron chi connectivity index (χ2n) is 5.20. The molecule has 7 heteroatoms. The number of non-ortho nitro benzene ring substituents is 1. The fraction of sp³-hybridized carbons (Fsp3) is 0.176. The number of benzene rings is 2. The predicted octanol–water partition coefficient (Wildman–Crippen LogP) is 3.98. The Kier molecular flexibility index (Phi) is 5.31. The zero-order valence-corrected chi connectivity index (χ0v) is 13.7. The lowest BCUT2D eigenvalue weighted by Crippen LogP contribution is -2.24. The minimum absolute atomic E-state index is 0.0144. The molecule has 0 heterocycles. The van der Waals surface area contributed by atoms with E-state index < -0.39 is 17.0 Å². The second kappa shape index (κ2) is 7.23. The number of rotatable bonds is 5. The predicted molar refractivity (Wildman–Crippen MR) is 88.5 cm³/mol. The first-order valence-corrected chi connectivity index (χ1v) is 7.43. The van der Waals surface area contributed by atoms with Crippen molar-refractivity contribution in [2.24, 2.45) is 0 Å². The number of carbonyl (C=O) groups is 2. The van der Waals surface area contributed by atoms with Gasteiger partial charge in [0.2, 0.25) is 5.78 Å². The molecule has 24 heavy (non-hydrogen) atoms. The van der Waals surface area contributed by atoms with Gasteiger partial charge in [0.1, 0.15) is 0 Å². The fourth-order valence-corrected chi connectivity index (χ4v) is 2.21. The summed E-state index contributed by atoms with van der Waals surface area (Å²) in [6, 6.07) is 10.3. The molecule has 2 aromatic carbocycles. The highest BCUT2D eigenvalue weighted by atomic mass is 35.5. The van der Waals surface area contributed by atoms with Crippen LogP contribution in [0.2, 0.25) is 5.02 Å². The van der Waals surface area contributed by atoms with Gasteiger partial charge < -0.3 is 4.74 Å². The van der Waals surface area contributed by atoms with E-state index >= 15 is 0 Å². The molecule has 0 saturated carbocycles. The summed E-state index contributed by atoms with van der Waals surface area (Å²) in [7, 11) is 0. The van der Waals surface area contributed by atoms with Crippen molar-refractivity contribution in [2.75, 3.05) is 0 Å². The lowest BCUT2D eigenvalue weighted by atomic mass is 10.1. The summed E-state index contributed by atoms with van der Waals surface area (Å²) in [6.07, 6.45) is -1.05. The van der Waals surface area contributed by atoms with E-state index in [1.54, 1.807) is 24.3 Å². The minimum atomic E-state index is -1.05. The molecule has 0 aliphatic heterocycles. The number of ketones is 1. The Morgan fingerprint density at radius 1 is 1.17 bits per heavy atom. The molecular formula is C17H14ClNO5.